The van der Waals surface area contributed by atoms with Crippen LogP contribution in [0, 0.1) is 13.5 Å². The topological polar surface area (TPSA) is 129 Å². The van der Waals surface area contributed by atoms with Crippen molar-refractivity contribution in [2.75, 3.05) is 5.32 Å². The van der Waals surface area contributed by atoms with E-state index >= 15 is 0 Å². The molecule has 11 heteroatoms. The normalized spacial score (nSPS) is 11.2. The molecule has 0 saturated heterocycles. The first-order valence-corrected chi connectivity index (χ1v) is 11.9. The van der Waals surface area contributed by atoms with Crippen molar-refractivity contribution >= 4 is 50.9 Å². The number of nitrogens with zero attached hydrogens (tertiary/aromatic N) is 6. The van der Waals surface area contributed by atoms with Gasteiger partial charge in [0.15, 0.2) is 11.6 Å². The molecule has 5 rings (SSSR count). The molecule has 0 bridgehead atoms. The third-order valence-corrected chi connectivity index (χ3v) is 6.34. The molecule has 2 aromatic heterocycles. The molecule has 0 spiro atoms. The number of aliphatic hydroxyl groups excluding tert-OH is 1. The standard InChI is InChI=1S/C26H19N7O3S/c1-15-21(27-2)24(33(32-15)26-28-11-12-37-26)31-30-22-19-6-4-3-5-17(19)13-20(23(22)35)25(36)29-18-9-7-16(14-34)8-10-18/h3-13,34-35H,14H2,1H3,(H,29,36)/b31-30+. The molecule has 3 aromatic carbocycles. The molecule has 0 aliphatic carbocycles. The number of phenolic OH excluding ortho intramolecular Hbond substituents is 1. The Morgan fingerprint density at radius 2 is 1.97 bits per heavy atom. The Labute approximate surface area is 215 Å². The Hall–Kier alpha value is -4.92. The molecule has 0 unspecified atom stereocenters. The zero-order valence-corrected chi connectivity index (χ0v) is 20.3. The molecular weight excluding hydrogens is 490 g/mol. The van der Waals surface area contributed by atoms with Crippen LogP contribution in [0.4, 0.5) is 22.9 Å². The van der Waals surface area contributed by atoms with Crippen LogP contribution in [0.5, 0.6) is 5.75 Å². The third-order valence-electron chi connectivity index (χ3n) is 5.60. The number of amides is 1. The zero-order valence-electron chi connectivity index (χ0n) is 19.5. The number of aromatic nitrogens is 3. The van der Waals surface area contributed by atoms with Crippen molar-refractivity contribution in [2.24, 2.45) is 10.2 Å². The van der Waals surface area contributed by atoms with E-state index in [2.05, 4.69) is 30.5 Å². The van der Waals surface area contributed by atoms with Gasteiger partial charge in [-0.15, -0.1) is 21.6 Å². The number of aliphatic hydroxyl groups is 1. The first-order chi connectivity index (χ1) is 18.0. The second kappa shape index (κ2) is 9.98. The van der Waals surface area contributed by atoms with Crippen LogP contribution in [-0.4, -0.2) is 30.9 Å². The molecule has 0 saturated carbocycles. The van der Waals surface area contributed by atoms with E-state index in [0.717, 1.165) is 0 Å². The number of hydrogen-bond acceptors (Lipinski definition) is 8. The third kappa shape index (κ3) is 4.54. The SMILES string of the molecule is [C-]#[N+]c1c(C)nn(-c2nccs2)c1/N=N/c1c(O)c(C(=O)Nc2ccc(CO)cc2)cc2ccccc12. The van der Waals surface area contributed by atoms with Gasteiger partial charge in [0, 0.05) is 22.7 Å². The molecule has 0 atom stereocenters. The summed E-state index contributed by atoms with van der Waals surface area (Å²) in [5.41, 5.74) is 1.98. The quantitative estimate of drug-likeness (QED) is 0.185. The highest BCUT2D eigenvalue weighted by Crippen LogP contribution is 2.41. The van der Waals surface area contributed by atoms with Crippen LogP contribution in [0.25, 0.3) is 20.7 Å². The Morgan fingerprint density at radius 3 is 2.68 bits per heavy atom. The largest absolute Gasteiger partial charge is 0.505 e. The van der Waals surface area contributed by atoms with Crippen molar-refractivity contribution < 1.29 is 15.0 Å². The predicted molar refractivity (Wildman–Crippen MR) is 140 cm³/mol. The molecule has 3 N–H and O–H groups in total. The fraction of sp³-hybridized carbons (Fsp3) is 0.0769. The average Bonchev–Trinajstić information content (AvgIpc) is 3.56. The van der Waals surface area contributed by atoms with Crippen LogP contribution < -0.4 is 5.32 Å². The van der Waals surface area contributed by atoms with Crippen molar-refractivity contribution in [3.8, 4) is 10.9 Å². The van der Waals surface area contributed by atoms with E-state index < -0.39 is 5.91 Å². The van der Waals surface area contributed by atoms with Gasteiger partial charge in [-0.2, -0.15) is 9.78 Å². The molecule has 1 amide bonds. The van der Waals surface area contributed by atoms with Crippen LogP contribution in [-0.2, 0) is 6.61 Å². The maximum Gasteiger partial charge on any atom is 0.259 e. The Morgan fingerprint density at radius 1 is 1.19 bits per heavy atom. The van der Waals surface area contributed by atoms with Crippen molar-refractivity contribution in [3.05, 3.63) is 94.4 Å². The van der Waals surface area contributed by atoms with E-state index in [9.17, 15) is 15.0 Å². The van der Waals surface area contributed by atoms with Gasteiger partial charge in [0.2, 0.25) is 5.13 Å². The molecule has 0 aliphatic heterocycles. The number of azo groups is 1. The molecule has 182 valence electrons. The number of thiazole rings is 1. The van der Waals surface area contributed by atoms with Crippen molar-refractivity contribution in [2.45, 2.75) is 13.5 Å². The molecule has 5 aromatic rings. The molecule has 0 radical (unpaired) electrons. The van der Waals surface area contributed by atoms with Gasteiger partial charge in [-0.05, 0) is 36.1 Å². The second-order valence-electron chi connectivity index (χ2n) is 7.95. The lowest BCUT2D eigenvalue weighted by atomic mass is 10.0. The number of aryl methyl sites for hydroxylation is 1. The Bertz CT molecular complexity index is 1680. The second-order valence-corrected chi connectivity index (χ2v) is 8.82. The summed E-state index contributed by atoms with van der Waals surface area (Å²) in [6, 6.07) is 15.5. The number of carbonyl (C=O) groups excluding carboxylic acids is 1. The van der Waals surface area contributed by atoms with Crippen LogP contribution >= 0.6 is 11.3 Å². The van der Waals surface area contributed by atoms with Gasteiger partial charge in [0.25, 0.3) is 11.6 Å². The number of fused-ring (bicyclic) bond motifs is 1. The number of phenols is 1. The van der Waals surface area contributed by atoms with Gasteiger partial charge in [-0.3, -0.25) is 4.79 Å². The maximum atomic E-state index is 13.1. The minimum absolute atomic E-state index is 0.00824. The highest BCUT2D eigenvalue weighted by atomic mass is 32.1. The van der Waals surface area contributed by atoms with Crippen LogP contribution in [0.15, 0.2) is 76.4 Å². The number of rotatable bonds is 6. The average molecular weight is 510 g/mol. The summed E-state index contributed by atoms with van der Waals surface area (Å²) in [4.78, 5) is 20.9. The van der Waals surface area contributed by atoms with Gasteiger partial charge < -0.3 is 15.5 Å². The van der Waals surface area contributed by atoms with Gasteiger partial charge >= 0.3 is 0 Å². The van der Waals surface area contributed by atoms with E-state index in [1.54, 1.807) is 67.0 Å². The maximum absolute atomic E-state index is 13.1. The highest BCUT2D eigenvalue weighted by molar-refractivity contribution is 7.12. The van der Waals surface area contributed by atoms with Crippen molar-refractivity contribution in [3.63, 3.8) is 0 Å². The van der Waals surface area contributed by atoms with Crippen LogP contribution in [0.3, 0.4) is 0 Å². The van der Waals surface area contributed by atoms with E-state index in [-0.39, 0.29) is 35.1 Å². The van der Waals surface area contributed by atoms with Gasteiger partial charge in [0.1, 0.15) is 5.69 Å². The highest BCUT2D eigenvalue weighted by Gasteiger charge is 2.21. The smallest absolute Gasteiger partial charge is 0.259 e. The van der Waals surface area contributed by atoms with E-state index in [0.29, 0.717) is 32.8 Å². The predicted octanol–water partition coefficient (Wildman–Crippen LogP) is 6.21. The summed E-state index contributed by atoms with van der Waals surface area (Å²) in [6.07, 6.45) is 1.62. The van der Waals surface area contributed by atoms with E-state index in [1.807, 2.05) is 6.07 Å². The fourth-order valence-corrected chi connectivity index (χ4v) is 4.35. The summed E-state index contributed by atoms with van der Waals surface area (Å²) in [5, 5.41) is 39.7. The lowest BCUT2D eigenvalue weighted by Gasteiger charge is -2.11. The summed E-state index contributed by atoms with van der Waals surface area (Å²) in [7, 11) is 0. The summed E-state index contributed by atoms with van der Waals surface area (Å²) >= 11 is 1.33. The number of aromatic hydroxyl groups is 1. The molecule has 0 fully saturated rings. The first kappa shape index (κ1) is 23.8. The number of carbonyl (C=O) groups is 1. The summed E-state index contributed by atoms with van der Waals surface area (Å²) in [5.74, 6) is -0.722. The van der Waals surface area contributed by atoms with Crippen LogP contribution in [0.1, 0.15) is 21.6 Å². The fourth-order valence-electron chi connectivity index (χ4n) is 3.76. The number of benzene rings is 3. The molecule has 10 nitrogen and oxygen atoms in total. The Balaban J connectivity index is 1.59. The van der Waals surface area contributed by atoms with Gasteiger partial charge in [0.05, 0.1) is 24.4 Å². The summed E-state index contributed by atoms with van der Waals surface area (Å²) in [6.45, 7) is 9.17. The van der Waals surface area contributed by atoms with E-state index in [1.165, 1.54) is 16.0 Å². The molecular formula is C26H19N7O3S. The van der Waals surface area contributed by atoms with Crippen molar-refractivity contribution in [1.29, 1.82) is 0 Å². The minimum atomic E-state index is -0.540. The number of nitrogens with one attached hydrogen (secondary N) is 1. The number of anilines is 1. The number of hydrogen-bond donors (Lipinski definition) is 3. The summed E-state index contributed by atoms with van der Waals surface area (Å²) < 4.78 is 1.43. The minimum Gasteiger partial charge on any atom is -0.505 e. The monoisotopic (exact) mass is 509 g/mol. The molecule has 2 heterocycles. The lowest BCUT2D eigenvalue weighted by molar-refractivity contribution is 0.102. The first-order valence-electron chi connectivity index (χ1n) is 11.0. The van der Waals surface area contributed by atoms with Gasteiger partial charge in [-0.25, -0.2) is 9.83 Å². The Kier molecular flexibility index (Phi) is 6.42. The van der Waals surface area contributed by atoms with Crippen LogP contribution in [0.2, 0.25) is 0 Å². The van der Waals surface area contributed by atoms with Crippen molar-refractivity contribution in [1.82, 2.24) is 14.8 Å². The zero-order chi connectivity index (χ0) is 25.9. The molecule has 0 aliphatic rings. The van der Waals surface area contributed by atoms with Gasteiger partial charge in [-0.1, -0.05) is 36.4 Å². The molecule has 37 heavy (non-hydrogen) atoms. The lowest BCUT2D eigenvalue weighted by Crippen LogP contribution is -2.12. The van der Waals surface area contributed by atoms with E-state index in [4.69, 9.17) is 6.57 Å².